The topological polar surface area (TPSA) is 94.1 Å². The molecule has 9 heteroatoms. The maximum atomic E-state index is 14.1. The third-order valence-electron chi connectivity index (χ3n) is 5.24. The van der Waals surface area contributed by atoms with E-state index in [2.05, 4.69) is 10.6 Å². The molecule has 2 aliphatic rings. The van der Waals surface area contributed by atoms with E-state index >= 15 is 0 Å². The summed E-state index contributed by atoms with van der Waals surface area (Å²) in [6.07, 6.45) is 0.976. The first kappa shape index (κ1) is 20.3. The minimum atomic E-state index is -1.53. The summed E-state index contributed by atoms with van der Waals surface area (Å²) in [5, 5.41) is 16.6. The summed E-state index contributed by atoms with van der Waals surface area (Å²) in [5.41, 5.74) is -1.18. The molecule has 2 heterocycles. The van der Waals surface area contributed by atoms with Crippen molar-refractivity contribution in [3.05, 3.63) is 29.6 Å². The number of rotatable bonds is 8. The SMILES string of the molecule is COc1ccc(F)c(CN2CCC[C@@](O)(CNCCN3CCNC3=O)C2=O)c1. The van der Waals surface area contributed by atoms with Crippen LogP contribution in [-0.4, -0.2) is 78.8 Å². The van der Waals surface area contributed by atoms with Gasteiger partial charge in [-0.2, -0.15) is 0 Å². The maximum absolute atomic E-state index is 14.1. The number of nitrogens with one attached hydrogen (secondary N) is 2. The van der Waals surface area contributed by atoms with E-state index in [1.54, 1.807) is 11.0 Å². The van der Waals surface area contributed by atoms with Gasteiger partial charge >= 0.3 is 6.03 Å². The summed E-state index contributed by atoms with van der Waals surface area (Å²) in [4.78, 5) is 27.5. The summed E-state index contributed by atoms with van der Waals surface area (Å²) in [7, 11) is 1.50. The van der Waals surface area contributed by atoms with Gasteiger partial charge in [0, 0.05) is 51.4 Å². The predicted molar refractivity (Wildman–Crippen MR) is 100 cm³/mol. The molecule has 0 radical (unpaired) electrons. The Labute approximate surface area is 163 Å². The molecule has 2 aliphatic heterocycles. The molecule has 0 bridgehead atoms. The van der Waals surface area contributed by atoms with Gasteiger partial charge in [0.1, 0.15) is 11.6 Å². The van der Waals surface area contributed by atoms with Crippen molar-refractivity contribution in [1.82, 2.24) is 20.4 Å². The maximum Gasteiger partial charge on any atom is 0.317 e. The monoisotopic (exact) mass is 394 g/mol. The van der Waals surface area contributed by atoms with E-state index in [1.165, 1.54) is 24.1 Å². The number of piperidine rings is 1. The van der Waals surface area contributed by atoms with Crippen molar-refractivity contribution < 1.29 is 23.8 Å². The summed E-state index contributed by atoms with van der Waals surface area (Å²) in [6.45, 7) is 2.92. The highest BCUT2D eigenvalue weighted by Gasteiger charge is 2.42. The Morgan fingerprint density at radius 2 is 2.14 bits per heavy atom. The summed E-state index contributed by atoms with van der Waals surface area (Å²) in [5.74, 6) is -0.305. The van der Waals surface area contributed by atoms with Crippen LogP contribution in [-0.2, 0) is 11.3 Å². The van der Waals surface area contributed by atoms with Gasteiger partial charge in [0.05, 0.1) is 7.11 Å². The van der Waals surface area contributed by atoms with Crippen LogP contribution in [0.3, 0.4) is 0 Å². The zero-order chi connectivity index (χ0) is 20.1. The lowest BCUT2D eigenvalue weighted by Gasteiger charge is -2.38. The Balaban J connectivity index is 1.55. The molecule has 3 amide bonds. The molecule has 3 rings (SSSR count). The molecule has 3 N–H and O–H groups in total. The summed E-state index contributed by atoms with van der Waals surface area (Å²) < 4.78 is 19.2. The minimum absolute atomic E-state index is 0.0815. The second-order valence-corrected chi connectivity index (χ2v) is 7.21. The van der Waals surface area contributed by atoms with E-state index in [0.29, 0.717) is 56.9 Å². The van der Waals surface area contributed by atoms with E-state index in [4.69, 9.17) is 4.74 Å². The number of ether oxygens (including phenoxy) is 1. The normalized spacial score (nSPS) is 22.5. The van der Waals surface area contributed by atoms with Crippen molar-refractivity contribution in [2.75, 3.05) is 46.4 Å². The van der Waals surface area contributed by atoms with Crippen molar-refractivity contribution in [2.45, 2.75) is 25.0 Å². The van der Waals surface area contributed by atoms with Crippen molar-refractivity contribution in [2.24, 2.45) is 0 Å². The lowest BCUT2D eigenvalue weighted by atomic mass is 9.91. The van der Waals surface area contributed by atoms with Gasteiger partial charge in [-0.3, -0.25) is 4.79 Å². The Morgan fingerprint density at radius 1 is 1.32 bits per heavy atom. The van der Waals surface area contributed by atoms with Gasteiger partial charge in [0.25, 0.3) is 5.91 Å². The lowest BCUT2D eigenvalue weighted by molar-refractivity contribution is -0.157. The fourth-order valence-corrected chi connectivity index (χ4v) is 3.62. The number of aliphatic hydroxyl groups is 1. The number of hydrogen-bond acceptors (Lipinski definition) is 5. The molecule has 0 aromatic heterocycles. The van der Waals surface area contributed by atoms with E-state index in [-0.39, 0.29) is 19.1 Å². The highest BCUT2D eigenvalue weighted by Crippen LogP contribution is 2.25. The molecule has 1 atom stereocenters. The quantitative estimate of drug-likeness (QED) is 0.552. The van der Waals surface area contributed by atoms with Crippen LogP contribution in [0.5, 0.6) is 5.75 Å². The van der Waals surface area contributed by atoms with Gasteiger partial charge in [-0.25, -0.2) is 9.18 Å². The number of amides is 3. The molecule has 0 unspecified atom stereocenters. The number of nitrogens with zero attached hydrogens (tertiary/aromatic N) is 2. The lowest BCUT2D eigenvalue weighted by Crippen LogP contribution is -2.58. The molecule has 1 aromatic rings. The predicted octanol–water partition coefficient (Wildman–Crippen LogP) is 0.303. The first-order chi connectivity index (χ1) is 13.4. The zero-order valence-corrected chi connectivity index (χ0v) is 16.0. The standard InChI is InChI=1S/C19H27FN4O4/c1-28-15-3-4-16(20)14(11-15)12-24-8-2-5-19(27,17(24)25)13-21-6-9-23-10-7-22-18(23)26/h3-4,11,21,27H,2,5-10,12-13H2,1H3,(H,22,26)/t19-/m1/s1. The van der Waals surface area contributed by atoms with Gasteiger partial charge in [-0.15, -0.1) is 0 Å². The second kappa shape index (κ2) is 8.74. The molecule has 2 fully saturated rings. The molecule has 1 aromatic carbocycles. The number of halogens is 1. The molecule has 0 aliphatic carbocycles. The number of hydrogen-bond donors (Lipinski definition) is 3. The van der Waals surface area contributed by atoms with Crippen molar-refractivity contribution in [3.63, 3.8) is 0 Å². The van der Waals surface area contributed by atoms with Crippen molar-refractivity contribution in [3.8, 4) is 5.75 Å². The average molecular weight is 394 g/mol. The van der Waals surface area contributed by atoms with Crippen LogP contribution >= 0.6 is 0 Å². The minimum Gasteiger partial charge on any atom is -0.497 e. The largest absolute Gasteiger partial charge is 0.497 e. The fourth-order valence-electron chi connectivity index (χ4n) is 3.62. The Bertz CT molecular complexity index is 732. The number of benzene rings is 1. The van der Waals surface area contributed by atoms with E-state index in [9.17, 15) is 19.1 Å². The molecule has 28 heavy (non-hydrogen) atoms. The van der Waals surface area contributed by atoms with Crippen LogP contribution < -0.4 is 15.4 Å². The third kappa shape index (κ3) is 4.53. The highest BCUT2D eigenvalue weighted by molar-refractivity contribution is 5.86. The van der Waals surface area contributed by atoms with E-state index in [0.717, 1.165) is 0 Å². The molecule has 8 nitrogen and oxygen atoms in total. The Hall–Kier alpha value is -2.39. The number of methoxy groups -OCH3 is 1. The van der Waals surface area contributed by atoms with Crippen LogP contribution in [0.1, 0.15) is 18.4 Å². The number of likely N-dealkylation sites (tertiary alicyclic amines) is 1. The Kier molecular flexibility index (Phi) is 6.35. The van der Waals surface area contributed by atoms with Gasteiger partial charge in [0.15, 0.2) is 5.60 Å². The Morgan fingerprint density at radius 3 is 2.86 bits per heavy atom. The van der Waals surface area contributed by atoms with Crippen LogP contribution in [0, 0.1) is 5.82 Å². The smallest absolute Gasteiger partial charge is 0.317 e. The average Bonchev–Trinajstić information content (AvgIpc) is 3.09. The van der Waals surface area contributed by atoms with Crippen molar-refractivity contribution in [1.29, 1.82) is 0 Å². The first-order valence-corrected chi connectivity index (χ1v) is 9.50. The molecular weight excluding hydrogens is 367 g/mol. The molecule has 154 valence electrons. The zero-order valence-electron chi connectivity index (χ0n) is 16.0. The van der Waals surface area contributed by atoms with Gasteiger partial charge in [0.2, 0.25) is 0 Å². The first-order valence-electron chi connectivity index (χ1n) is 9.50. The number of urea groups is 1. The van der Waals surface area contributed by atoms with Crippen LogP contribution in [0.2, 0.25) is 0 Å². The van der Waals surface area contributed by atoms with Gasteiger partial charge in [-0.1, -0.05) is 0 Å². The highest BCUT2D eigenvalue weighted by atomic mass is 19.1. The molecule has 0 spiro atoms. The summed E-state index contributed by atoms with van der Waals surface area (Å²) in [6, 6.07) is 4.30. The molecule has 2 saturated heterocycles. The second-order valence-electron chi connectivity index (χ2n) is 7.21. The van der Waals surface area contributed by atoms with E-state index in [1.807, 2.05) is 0 Å². The number of carbonyl (C=O) groups is 2. The molecular formula is C19H27FN4O4. The number of carbonyl (C=O) groups excluding carboxylic acids is 2. The van der Waals surface area contributed by atoms with Crippen molar-refractivity contribution >= 4 is 11.9 Å². The summed E-state index contributed by atoms with van der Waals surface area (Å²) >= 11 is 0. The third-order valence-corrected chi connectivity index (χ3v) is 5.24. The van der Waals surface area contributed by atoms with Crippen LogP contribution in [0.4, 0.5) is 9.18 Å². The van der Waals surface area contributed by atoms with Crippen LogP contribution in [0.25, 0.3) is 0 Å². The van der Waals surface area contributed by atoms with Gasteiger partial charge in [-0.05, 0) is 31.0 Å². The fraction of sp³-hybridized carbons (Fsp3) is 0.579. The van der Waals surface area contributed by atoms with Gasteiger partial charge < -0.3 is 30.3 Å². The van der Waals surface area contributed by atoms with Crippen LogP contribution in [0.15, 0.2) is 18.2 Å². The van der Waals surface area contributed by atoms with E-state index < -0.39 is 17.3 Å². The molecule has 0 saturated carbocycles.